The summed E-state index contributed by atoms with van der Waals surface area (Å²) in [5.74, 6) is 0.0900. The van der Waals surface area contributed by atoms with E-state index in [1.54, 1.807) is 0 Å². The average Bonchev–Trinajstić information content (AvgIpc) is 2.85. The molecular formula is C14H10Cl2N2O2. The lowest BCUT2D eigenvalue weighted by molar-refractivity contribution is 0.580. The van der Waals surface area contributed by atoms with Crippen LogP contribution in [0.2, 0.25) is 0 Å². The van der Waals surface area contributed by atoms with Gasteiger partial charge in [0, 0.05) is 17.8 Å². The van der Waals surface area contributed by atoms with Crippen LogP contribution in [0.15, 0.2) is 39.8 Å². The molecule has 4 nitrogen and oxygen atoms in total. The van der Waals surface area contributed by atoms with Crippen LogP contribution < -0.4 is 5.56 Å². The van der Waals surface area contributed by atoms with Crippen LogP contribution in [0.4, 0.5) is 0 Å². The van der Waals surface area contributed by atoms with E-state index >= 15 is 0 Å². The third-order valence-corrected chi connectivity index (χ3v) is 4.65. The summed E-state index contributed by atoms with van der Waals surface area (Å²) in [4.78, 5) is 16.8. The molecule has 1 atom stereocenters. The van der Waals surface area contributed by atoms with E-state index < -0.39 is 4.33 Å². The fourth-order valence-corrected chi connectivity index (χ4v) is 2.96. The van der Waals surface area contributed by atoms with Gasteiger partial charge in [-0.3, -0.25) is 9.36 Å². The molecule has 1 aromatic carbocycles. The van der Waals surface area contributed by atoms with Gasteiger partial charge in [-0.05, 0) is 18.6 Å². The second-order valence-electron chi connectivity index (χ2n) is 5.14. The van der Waals surface area contributed by atoms with E-state index in [0.29, 0.717) is 24.1 Å². The van der Waals surface area contributed by atoms with Gasteiger partial charge in [-0.15, -0.1) is 23.2 Å². The summed E-state index contributed by atoms with van der Waals surface area (Å²) in [5, 5.41) is 0.849. The zero-order valence-electron chi connectivity index (χ0n) is 10.3. The Bertz CT molecular complexity index is 882. The van der Waals surface area contributed by atoms with Crippen LogP contribution >= 0.6 is 23.2 Å². The molecule has 20 heavy (non-hydrogen) atoms. The number of alkyl halides is 2. The number of rotatable bonds is 2. The summed E-state index contributed by atoms with van der Waals surface area (Å²) in [6.07, 6.45) is 2.23. The molecule has 0 radical (unpaired) electrons. The Kier molecular flexibility index (Phi) is 2.44. The highest BCUT2D eigenvalue weighted by atomic mass is 35.5. The number of hydrogen-bond acceptors (Lipinski definition) is 3. The Hall–Kier alpha value is -1.52. The number of benzene rings is 1. The van der Waals surface area contributed by atoms with Gasteiger partial charge >= 0.3 is 0 Å². The minimum Gasteiger partial charge on any atom is -0.448 e. The van der Waals surface area contributed by atoms with Crippen molar-refractivity contribution in [1.29, 1.82) is 0 Å². The normalized spacial score (nSPS) is 20.6. The zero-order chi connectivity index (χ0) is 13.9. The Labute approximate surface area is 123 Å². The van der Waals surface area contributed by atoms with Crippen molar-refractivity contribution >= 4 is 45.3 Å². The molecule has 2 heterocycles. The second kappa shape index (κ2) is 3.99. The third kappa shape index (κ3) is 1.75. The lowest BCUT2D eigenvalue weighted by Crippen LogP contribution is -2.21. The summed E-state index contributed by atoms with van der Waals surface area (Å²) in [6.45, 7) is 0.464. The molecule has 1 aliphatic carbocycles. The SMILES string of the molecule is O=c1c2oc3ccccc3c2ncn1CC1CC1(Cl)Cl. The van der Waals surface area contributed by atoms with Crippen LogP contribution in [0.3, 0.4) is 0 Å². The van der Waals surface area contributed by atoms with E-state index in [4.69, 9.17) is 27.6 Å². The topological polar surface area (TPSA) is 48.0 Å². The molecule has 0 spiro atoms. The molecule has 1 fully saturated rings. The molecule has 0 aliphatic heterocycles. The quantitative estimate of drug-likeness (QED) is 0.682. The van der Waals surface area contributed by atoms with Gasteiger partial charge in [0.2, 0.25) is 5.58 Å². The van der Waals surface area contributed by atoms with Crippen molar-refractivity contribution in [3.63, 3.8) is 0 Å². The number of aromatic nitrogens is 2. The fraction of sp³-hybridized carbons (Fsp3) is 0.286. The third-order valence-electron chi connectivity index (χ3n) is 3.72. The van der Waals surface area contributed by atoms with Crippen molar-refractivity contribution in [3.05, 3.63) is 40.9 Å². The van der Waals surface area contributed by atoms with E-state index in [0.717, 1.165) is 5.39 Å². The van der Waals surface area contributed by atoms with Crippen LogP contribution in [0.5, 0.6) is 0 Å². The molecule has 1 unspecified atom stereocenters. The Morgan fingerprint density at radius 2 is 2.15 bits per heavy atom. The maximum absolute atomic E-state index is 12.4. The second-order valence-corrected chi connectivity index (χ2v) is 6.68. The van der Waals surface area contributed by atoms with Crippen molar-refractivity contribution in [1.82, 2.24) is 9.55 Å². The minimum atomic E-state index is -0.706. The first-order valence-corrected chi connectivity index (χ1v) is 7.06. The smallest absolute Gasteiger partial charge is 0.297 e. The molecule has 1 saturated carbocycles. The predicted octanol–water partition coefficient (Wildman–Crippen LogP) is 3.34. The average molecular weight is 309 g/mol. The van der Waals surface area contributed by atoms with E-state index in [1.165, 1.54) is 10.9 Å². The van der Waals surface area contributed by atoms with Crippen molar-refractivity contribution in [2.24, 2.45) is 5.92 Å². The highest BCUT2D eigenvalue weighted by Gasteiger charge is 2.51. The molecule has 2 aromatic heterocycles. The monoisotopic (exact) mass is 308 g/mol. The highest BCUT2D eigenvalue weighted by Crippen LogP contribution is 2.53. The first-order chi connectivity index (χ1) is 9.56. The van der Waals surface area contributed by atoms with Crippen molar-refractivity contribution in [3.8, 4) is 0 Å². The van der Waals surface area contributed by atoms with Gasteiger partial charge in [-0.25, -0.2) is 4.98 Å². The van der Waals surface area contributed by atoms with Gasteiger partial charge in [0.1, 0.15) is 15.4 Å². The van der Waals surface area contributed by atoms with Gasteiger partial charge in [-0.2, -0.15) is 0 Å². The Morgan fingerprint density at radius 1 is 1.40 bits per heavy atom. The number of halogens is 2. The fourth-order valence-electron chi connectivity index (χ4n) is 2.45. The molecule has 6 heteroatoms. The first-order valence-electron chi connectivity index (χ1n) is 6.31. The molecule has 3 aromatic rings. The molecule has 0 N–H and O–H groups in total. The Morgan fingerprint density at radius 3 is 2.90 bits per heavy atom. The predicted molar refractivity (Wildman–Crippen MR) is 78.3 cm³/mol. The first kappa shape index (κ1) is 12.2. The van der Waals surface area contributed by atoms with Crippen LogP contribution in [0, 0.1) is 5.92 Å². The van der Waals surface area contributed by atoms with Crippen molar-refractivity contribution in [2.75, 3.05) is 0 Å². The molecule has 1 aliphatic rings. The molecule has 0 saturated heterocycles. The number of para-hydroxylation sites is 1. The summed E-state index contributed by atoms with van der Waals surface area (Å²) < 4.78 is 6.43. The summed E-state index contributed by atoms with van der Waals surface area (Å²) in [5.41, 5.74) is 1.35. The maximum Gasteiger partial charge on any atom is 0.297 e. The van der Waals surface area contributed by atoms with Crippen molar-refractivity contribution < 1.29 is 4.42 Å². The largest absolute Gasteiger partial charge is 0.448 e. The van der Waals surface area contributed by atoms with Gasteiger partial charge in [0.05, 0.1) is 6.33 Å². The van der Waals surface area contributed by atoms with E-state index in [9.17, 15) is 4.79 Å². The standard InChI is InChI=1S/C14H10Cl2N2O2/c15-14(16)5-8(14)6-18-7-17-11-9-3-1-2-4-10(9)20-12(11)13(18)19/h1-4,7-8H,5-6H2. The molecular weight excluding hydrogens is 299 g/mol. The van der Waals surface area contributed by atoms with Gasteiger partial charge < -0.3 is 4.42 Å². The lowest BCUT2D eigenvalue weighted by Gasteiger charge is -2.04. The number of fused-ring (bicyclic) bond motifs is 3. The molecule has 102 valence electrons. The van der Waals surface area contributed by atoms with Crippen molar-refractivity contribution in [2.45, 2.75) is 17.3 Å². The lowest BCUT2D eigenvalue weighted by atomic mass is 10.2. The maximum atomic E-state index is 12.4. The van der Waals surface area contributed by atoms with Crippen LogP contribution in [-0.2, 0) is 6.54 Å². The minimum absolute atomic E-state index is 0.0900. The van der Waals surface area contributed by atoms with Crippen LogP contribution in [0.1, 0.15) is 6.42 Å². The van der Waals surface area contributed by atoms with E-state index in [2.05, 4.69) is 4.98 Å². The Balaban J connectivity index is 1.87. The van der Waals surface area contributed by atoms with Gasteiger partial charge in [0.15, 0.2) is 0 Å². The number of furan rings is 1. The van der Waals surface area contributed by atoms with Gasteiger partial charge in [-0.1, -0.05) is 12.1 Å². The van der Waals surface area contributed by atoms with E-state index in [-0.39, 0.29) is 17.1 Å². The molecule has 0 amide bonds. The summed E-state index contributed by atoms with van der Waals surface area (Å²) in [6, 6.07) is 7.47. The van der Waals surface area contributed by atoms with Crippen LogP contribution in [-0.4, -0.2) is 13.9 Å². The summed E-state index contributed by atoms with van der Waals surface area (Å²) in [7, 11) is 0. The molecule has 4 rings (SSSR count). The zero-order valence-corrected chi connectivity index (χ0v) is 11.9. The molecule has 0 bridgehead atoms. The van der Waals surface area contributed by atoms with E-state index in [1.807, 2.05) is 24.3 Å². The number of hydrogen-bond donors (Lipinski definition) is 0. The summed E-state index contributed by atoms with van der Waals surface area (Å²) >= 11 is 12.0. The van der Waals surface area contributed by atoms with Crippen LogP contribution in [0.25, 0.3) is 22.1 Å². The number of nitrogens with zero attached hydrogens (tertiary/aromatic N) is 2. The van der Waals surface area contributed by atoms with Gasteiger partial charge in [0.25, 0.3) is 5.56 Å². The highest BCUT2D eigenvalue weighted by molar-refractivity contribution is 6.50.